The van der Waals surface area contributed by atoms with Gasteiger partial charge in [-0.15, -0.1) is 11.3 Å². The van der Waals surface area contributed by atoms with E-state index in [0.29, 0.717) is 0 Å². The fraction of sp³-hybridized carbons (Fsp3) is 0.333. The van der Waals surface area contributed by atoms with Crippen molar-refractivity contribution in [3.8, 4) is 6.07 Å². The van der Waals surface area contributed by atoms with Crippen molar-refractivity contribution in [2.24, 2.45) is 0 Å². The SMILES string of the molecule is Cc1csc(Cn2c3c(c4cc(C#N)ccc42)CCCC3)n1. The minimum atomic E-state index is 0.753. The van der Waals surface area contributed by atoms with Crippen LogP contribution < -0.4 is 0 Å². The highest BCUT2D eigenvalue weighted by molar-refractivity contribution is 7.09. The van der Waals surface area contributed by atoms with E-state index in [1.54, 1.807) is 11.3 Å². The molecule has 1 aromatic carbocycles. The predicted molar refractivity (Wildman–Crippen MR) is 89.2 cm³/mol. The van der Waals surface area contributed by atoms with Crippen molar-refractivity contribution in [2.45, 2.75) is 39.2 Å². The summed E-state index contributed by atoms with van der Waals surface area (Å²) in [6.07, 6.45) is 4.77. The van der Waals surface area contributed by atoms with Gasteiger partial charge in [-0.3, -0.25) is 0 Å². The molecule has 0 aliphatic heterocycles. The molecule has 3 nitrogen and oxygen atoms in total. The zero-order valence-corrected chi connectivity index (χ0v) is 13.4. The first-order valence-corrected chi connectivity index (χ1v) is 8.59. The number of nitrogens with zero attached hydrogens (tertiary/aromatic N) is 3. The van der Waals surface area contributed by atoms with E-state index in [0.717, 1.165) is 35.7 Å². The number of fused-ring (bicyclic) bond motifs is 3. The predicted octanol–water partition coefficient (Wildman–Crippen LogP) is 4.21. The second kappa shape index (κ2) is 5.26. The normalized spacial score (nSPS) is 14.0. The van der Waals surface area contributed by atoms with Gasteiger partial charge in [-0.05, 0) is 56.4 Å². The molecule has 4 rings (SSSR count). The maximum Gasteiger partial charge on any atom is 0.113 e. The summed E-state index contributed by atoms with van der Waals surface area (Å²) in [7, 11) is 0. The summed E-state index contributed by atoms with van der Waals surface area (Å²) in [4.78, 5) is 4.62. The Morgan fingerprint density at radius 1 is 1.32 bits per heavy atom. The summed E-state index contributed by atoms with van der Waals surface area (Å²) in [5.74, 6) is 0. The number of rotatable bonds is 2. The number of nitriles is 1. The summed E-state index contributed by atoms with van der Waals surface area (Å²) >= 11 is 1.73. The Labute approximate surface area is 133 Å². The summed E-state index contributed by atoms with van der Waals surface area (Å²) in [5, 5.41) is 13.7. The average Bonchev–Trinajstić information content (AvgIpc) is 3.10. The van der Waals surface area contributed by atoms with Crippen LogP contribution in [0.3, 0.4) is 0 Å². The molecule has 0 unspecified atom stereocenters. The van der Waals surface area contributed by atoms with Crippen LogP contribution in [-0.4, -0.2) is 9.55 Å². The smallest absolute Gasteiger partial charge is 0.113 e. The zero-order chi connectivity index (χ0) is 15.1. The van der Waals surface area contributed by atoms with E-state index in [9.17, 15) is 5.26 Å². The van der Waals surface area contributed by atoms with Crippen LogP contribution in [0.1, 0.15) is 40.4 Å². The Morgan fingerprint density at radius 3 is 2.95 bits per heavy atom. The molecule has 1 aliphatic rings. The quantitative estimate of drug-likeness (QED) is 0.712. The molecule has 2 aromatic heterocycles. The fourth-order valence-electron chi connectivity index (χ4n) is 3.50. The van der Waals surface area contributed by atoms with Crippen molar-refractivity contribution in [2.75, 3.05) is 0 Å². The third kappa shape index (κ3) is 2.13. The first-order valence-electron chi connectivity index (χ1n) is 7.71. The van der Waals surface area contributed by atoms with Crippen LogP contribution in [-0.2, 0) is 19.4 Å². The Morgan fingerprint density at radius 2 is 2.18 bits per heavy atom. The van der Waals surface area contributed by atoms with Gasteiger partial charge in [0, 0.05) is 27.7 Å². The van der Waals surface area contributed by atoms with Crippen LogP contribution in [0.4, 0.5) is 0 Å². The molecule has 110 valence electrons. The number of aryl methyl sites for hydroxylation is 2. The average molecular weight is 307 g/mol. The van der Waals surface area contributed by atoms with Crippen LogP contribution in [0.5, 0.6) is 0 Å². The van der Waals surface area contributed by atoms with Gasteiger partial charge in [0.1, 0.15) is 5.01 Å². The Balaban J connectivity index is 1.91. The molecule has 0 fully saturated rings. The Kier molecular flexibility index (Phi) is 3.24. The lowest BCUT2D eigenvalue weighted by molar-refractivity contribution is 0.637. The third-order valence-electron chi connectivity index (χ3n) is 4.47. The lowest BCUT2D eigenvalue weighted by Gasteiger charge is -2.15. The van der Waals surface area contributed by atoms with E-state index in [1.165, 1.54) is 35.0 Å². The number of aromatic nitrogens is 2. The highest BCUT2D eigenvalue weighted by Crippen LogP contribution is 2.33. The molecule has 0 bridgehead atoms. The number of thiazole rings is 1. The van der Waals surface area contributed by atoms with Crippen molar-refractivity contribution >= 4 is 22.2 Å². The first-order chi connectivity index (χ1) is 10.8. The molecule has 3 aromatic rings. The molecule has 1 aliphatic carbocycles. The van der Waals surface area contributed by atoms with Crippen molar-refractivity contribution in [1.82, 2.24) is 9.55 Å². The third-order valence-corrected chi connectivity index (χ3v) is 5.42. The topological polar surface area (TPSA) is 41.6 Å². The van der Waals surface area contributed by atoms with Gasteiger partial charge in [0.05, 0.1) is 18.2 Å². The molecule has 4 heteroatoms. The van der Waals surface area contributed by atoms with Gasteiger partial charge in [-0.25, -0.2) is 4.98 Å². The van der Waals surface area contributed by atoms with Gasteiger partial charge in [0.2, 0.25) is 0 Å². The molecule has 2 heterocycles. The maximum absolute atomic E-state index is 9.18. The second-order valence-electron chi connectivity index (χ2n) is 5.94. The molecule has 0 saturated heterocycles. The van der Waals surface area contributed by atoms with E-state index < -0.39 is 0 Å². The molecule has 0 spiro atoms. The monoisotopic (exact) mass is 307 g/mol. The largest absolute Gasteiger partial charge is 0.337 e. The number of hydrogen-bond donors (Lipinski definition) is 0. The molecule has 0 radical (unpaired) electrons. The Bertz CT molecular complexity index is 895. The van der Waals surface area contributed by atoms with Crippen LogP contribution in [0.2, 0.25) is 0 Å². The summed E-state index contributed by atoms with van der Waals surface area (Å²) in [5.41, 5.74) is 6.00. The van der Waals surface area contributed by atoms with Crippen LogP contribution in [0, 0.1) is 18.3 Å². The van der Waals surface area contributed by atoms with Gasteiger partial charge >= 0.3 is 0 Å². The molecule has 0 amide bonds. The molecular weight excluding hydrogens is 290 g/mol. The fourth-order valence-corrected chi connectivity index (χ4v) is 4.26. The minimum Gasteiger partial charge on any atom is -0.337 e. The van der Waals surface area contributed by atoms with Crippen LogP contribution in [0.25, 0.3) is 10.9 Å². The molecule has 0 saturated carbocycles. The highest BCUT2D eigenvalue weighted by Gasteiger charge is 2.20. The van der Waals surface area contributed by atoms with Crippen molar-refractivity contribution < 1.29 is 0 Å². The minimum absolute atomic E-state index is 0.753. The van der Waals surface area contributed by atoms with Crippen molar-refractivity contribution in [3.63, 3.8) is 0 Å². The van der Waals surface area contributed by atoms with E-state index >= 15 is 0 Å². The first kappa shape index (κ1) is 13.5. The lowest BCUT2D eigenvalue weighted by atomic mass is 9.95. The highest BCUT2D eigenvalue weighted by atomic mass is 32.1. The van der Waals surface area contributed by atoms with Crippen LogP contribution in [0.15, 0.2) is 23.6 Å². The van der Waals surface area contributed by atoms with Crippen LogP contribution >= 0.6 is 11.3 Å². The maximum atomic E-state index is 9.18. The zero-order valence-electron chi connectivity index (χ0n) is 12.6. The van der Waals surface area contributed by atoms with Gasteiger partial charge in [-0.2, -0.15) is 5.26 Å². The second-order valence-corrected chi connectivity index (χ2v) is 6.89. The Hall–Kier alpha value is -2.12. The van der Waals surface area contributed by atoms with E-state index in [1.807, 2.05) is 13.0 Å². The number of hydrogen-bond acceptors (Lipinski definition) is 3. The van der Waals surface area contributed by atoms with E-state index in [4.69, 9.17) is 0 Å². The van der Waals surface area contributed by atoms with Crippen molar-refractivity contribution in [1.29, 1.82) is 5.26 Å². The van der Waals surface area contributed by atoms with Gasteiger partial charge in [0.15, 0.2) is 0 Å². The summed E-state index contributed by atoms with van der Waals surface area (Å²) < 4.78 is 2.42. The molecule has 22 heavy (non-hydrogen) atoms. The number of benzene rings is 1. The lowest BCUT2D eigenvalue weighted by Crippen LogP contribution is -2.09. The van der Waals surface area contributed by atoms with E-state index in [2.05, 4.69) is 33.1 Å². The summed E-state index contributed by atoms with van der Waals surface area (Å²) in [6.45, 7) is 2.89. The molecule has 0 atom stereocenters. The van der Waals surface area contributed by atoms with Crippen molar-refractivity contribution in [3.05, 3.63) is 51.1 Å². The van der Waals surface area contributed by atoms with Gasteiger partial charge in [0.25, 0.3) is 0 Å². The molecular formula is C18H17N3S. The van der Waals surface area contributed by atoms with Gasteiger partial charge < -0.3 is 4.57 Å². The van der Waals surface area contributed by atoms with E-state index in [-0.39, 0.29) is 0 Å². The molecule has 0 N–H and O–H groups in total. The summed E-state index contributed by atoms with van der Waals surface area (Å²) in [6, 6.07) is 8.36. The standard InChI is InChI=1S/C18H17N3S/c1-12-11-22-18(20-12)10-21-16-5-3-2-4-14(16)15-8-13(9-19)6-7-17(15)21/h6-8,11H,2-5,10H2,1H3. The van der Waals surface area contributed by atoms with Gasteiger partial charge in [-0.1, -0.05) is 0 Å².